The molecule has 0 aromatic carbocycles. The Labute approximate surface area is 168 Å². The fourth-order valence-corrected chi connectivity index (χ4v) is 3.01. The number of nitrogens with two attached hydrogens (primary N) is 1. The van der Waals surface area contributed by atoms with Crippen LogP contribution in [0.1, 0.15) is 27.2 Å². The molecule has 0 aliphatic carbocycles. The normalized spacial score (nSPS) is 20.9. The monoisotopic (exact) mass is 409 g/mol. The maximum Gasteiger partial charge on any atom is 0.413 e. The van der Waals surface area contributed by atoms with E-state index in [2.05, 4.69) is 5.32 Å². The van der Waals surface area contributed by atoms with Gasteiger partial charge >= 0.3 is 6.09 Å². The minimum atomic E-state index is -1.22. The largest absolute Gasteiger partial charge is 0.469 e. The molecule has 2 heterocycles. The van der Waals surface area contributed by atoms with E-state index in [1.165, 1.54) is 25.6 Å². The van der Waals surface area contributed by atoms with Crippen molar-refractivity contribution in [3.63, 3.8) is 0 Å². The first-order valence-corrected chi connectivity index (χ1v) is 9.32. The van der Waals surface area contributed by atoms with E-state index in [0.29, 0.717) is 6.42 Å². The summed E-state index contributed by atoms with van der Waals surface area (Å²) in [5, 5.41) is 2.54. The molecule has 0 spiro atoms. The summed E-state index contributed by atoms with van der Waals surface area (Å²) in [5.41, 5.74) is 5.29. The molecule has 3 unspecified atom stereocenters. The molecule has 1 fully saturated rings. The summed E-state index contributed by atoms with van der Waals surface area (Å²) in [7, 11) is 1.38. The number of hydrogen-bond acceptors (Lipinski definition) is 7. The molecule has 10 heteroatoms. The average molecular weight is 409 g/mol. The van der Waals surface area contributed by atoms with Gasteiger partial charge in [0.25, 0.3) is 0 Å². The van der Waals surface area contributed by atoms with Crippen LogP contribution in [0, 0.1) is 11.8 Å². The topological polar surface area (TPSA) is 141 Å². The van der Waals surface area contributed by atoms with E-state index in [9.17, 15) is 19.2 Å². The summed E-state index contributed by atoms with van der Waals surface area (Å²) in [4.78, 5) is 50.2. The zero-order chi connectivity index (χ0) is 21.7. The van der Waals surface area contributed by atoms with Crippen LogP contribution < -0.4 is 15.8 Å². The number of Topliss-reactive ketones (excluding diaryl/α,β-unsaturated/α-hetero) is 1. The van der Waals surface area contributed by atoms with Gasteiger partial charge in [-0.2, -0.15) is 0 Å². The fraction of sp³-hybridized carbons (Fsp3) is 0.579. The lowest BCUT2D eigenvalue weighted by atomic mass is 9.90. The summed E-state index contributed by atoms with van der Waals surface area (Å²) in [6.45, 7) is 5.64. The number of carbonyl (C=O) groups is 4. The van der Waals surface area contributed by atoms with E-state index in [4.69, 9.17) is 19.6 Å². The molecule has 1 aromatic rings. The maximum atomic E-state index is 13.1. The van der Waals surface area contributed by atoms with Crippen LogP contribution in [0.2, 0.25) is 0 Å². The highest BCUT2D eigenvalue weighted by atomic mass is 16.6. The minimum absolute atomic E-state index is 0.0778. The molecular formula is C19H27N3O7. The predicted octanol–water partition coefficient (Wildman–Crippen LogP) is 0.699. The lowest BCUT2D eigenvalue weighted by molar-refractivity contribution is -0.141. The molecule has 3 amide bonds. The Bertz CT molecular complexity index is 747. The number of hydrogen-bond donors (Lipinski definition) is 2. The van der Waals surface area contributed by atoms with Crippen LogP contribution in [0.5, 0.6) is 5.75 Å². The third-order valence-corrected chi connectivity index (χ3v) is 5.11. The molecule has 0 saturated carbocycles. The molecule has 0 radical (unpaired) electrons. The van der Waals surface area contributed by atoms with E-state index < -0.39 is 41.9 Å². The standard InChI is InChI=1S/C19H27N3O7/c1-10(2)11(3)7-13(21-19(26)29-12-5-6-27-8-12)18(25)22(4)15-14(23)9-28-16(15)17(20)24/h5-6,8,10-11,13,15-16H,7,9H2,1-4H3,(H2,20,24)(H,21,26)/t11?,13-,15?,16?/m0/s1. The Hall–Kier alpha value is -2.88. The number of primary amides is 1. The zero-order valence-electron chi connectivity index (χ0n) is 16.9. The highest BCUT2D eigenvalue weighted by Crippen LogP contribution is 2.21. The number of likely N-dealkylation sites (N-methyl/N-ethyl adjacent to an activating group) is 1. The summed E-state index contributed by atoms with van der Waals surface area (Å²) < 4.78 is 15.0. The molecule has 1 aliphatic rings. The maximum absolute atomic E-state index is 13.1. The van der Waals surface area contributed by atoms with Gasteiger partial charge in [-0.15, -0.1) is 0 Å². The zero-order valence-corrected chi connectivity index (χ0v) is 16.9. The Balaban J connectivity index is 2.17. The molecule has 2 rings (SSSR count). The van der Waals surface area contributed by atoms with Crippen molar-refractivity contribution >= 4 is 23.7 Å². The Morgan fingerprint density at radius 3 is 2.59 bits per heavy atom. The lowest BCUT2D eigenvalue weighted by Gasteiger charge is -2.31. The van der Waals surface area contributed by atoms with E-state index in [1.54, 1.807) is 0 Å². The summed E-state index contributed by atoms with van der Waals surface area (Å²) in [6.07, 6.45) is 0.831. The van der Waals surface area contributed by atoms with Gasteiger partial charge in [-0.1, -0.05) is 20.8 Å². The molecule has 160 valence electrons. The van der Waals surface area contributed by atoms with Gasteiger partial charge in [0.05, 0.1) is 6.26 Å². The van der Waals surface area contributed by atoms with Crippen molar-refractivity contribution in [2.75, 3.05) is 13.7 Å². The quantitative estimate of drug-likeness (QED) is 0.644. The van der Waals surface area contributed by atoms with Crippen LogP contribution in [0.3, 0.4) is 0 Å². The second kappa shape index (κ2) is 9.55. The van der Waals surface area contributed by atoms with Crippen molar-refractivity contribution in [2.45, 2.75) is 45.4 Å². The summed E-state index contributed by atoms with van der Waals surface area (Å²) in [5.74, 6) is -1.30. The van der Waals surface area contributed by atoms with E-state index in [-0.39, 0.29) is 24.2 Å². The smallest absolute Gasteiger partial charge is 0.413 e. The van der Waals surface area contributed by atoms with Crippen LogP contribution in [-0.2, 0) is 19.1 Å². The lowest BCUT2D eigenvalue weighted by Crippen LogP contribution is -2.56. The first kappa shape index (κ1) is 22.4. The fourth-order valence-electron chi connectivity index (χ4n) is 3.01. The van der Waals surface area contributed by atoms with Crippen LogP contribution in [0.4, 0.5) is 4.79 Å². The Kier molecular flexibility index (Phi) is 7.38. The SMILES string of the molecule is CC(C)C(C)C[C@H](NC(=O)Oc1ccoc1)C(=O)N(C)C1C(=O)COC1C(N)=O. The third kappa shape index (κ3) is 5.57. The number of ether oxygens (including phenoxy) is 2. The summed E-state index contributed by atoms with van der Waals surface area (Å²) in [6, 6.07) is -0.659. The predicted molar refractivity (Wildman–Crippen MR) is 101 cm³/mol. The molecule has 1 aromatic heterocycles. The summed E-state index contributed by atoms with van der Waals surface area (Å²) >= 11 is 0. The van der Waals surface area contributed by atoms with Gasteiger partial charge in [0, 0.05) is 13.1 Å². The van der Waals surface area contributed by atoms with Gasteiger partial charge in [0.15, 0.2) is 17.6 Å². The molecule has 3 N–H and O–H groups in total. The molecule has 1 aliphatic heterocycles. The van der Waals surface area contributed by atoms with Gasteiger partial charge in [-0.3, -0.25) is 14.4 Å². The molecule has 10 nitrogen and oxygen atoms in total. The van der Waals surface area contributed by atoms with Crippen molar-refractivity contribution < 1.29 is 33.1 Å². The van der Waals surface area contributed by atoms with Gasteiger partial charge in [-0.25, -0.2) is 4.79 Å². The molecule has 4 atom stereocenters. The first-order chi connectivity index (χ1) is 13.6. The highest BCUT2D eigenvalue weighted by molar-refractivity contribution is 5.99. The third-order valence-electron chi connectivity index (χ3n) is 5.11. The van der Waals surface area contributed by atoms with Crippen LogP contribution in [0.15, 0.2) is 23.0 Å². The second-order valence-corrected chi connectivity index (χ2v) is 7.50. The van der Waals surface area contributed by atoms with Gasteiger partial charge < -0.3 is 29.8 Å². The van der Waals surface area contributed by atoms with Gasteiger partial charge in [0.2, 0.25) is 11.8 Å². The number of ketones is 1. The van der Waals surface area contributed by atoms with E-state index in [1.807, 2.05) is 20.8 Å². The molecule has 1 saturated heterocycles. The van der Waals surface area contributed by atoms with Gasteiger partial charge in [-0.05, 0) is 18.3 Å². The van der Waals surface area contributed by atoms with E-state index in [0.717, 1.165) is 4.90 Å². The Morgan fingerprint density at radius 2 is 2.03 bits per heavy atom. The number of nitrogens with zero attached hydrogens (tertiary/aromatic N) is 1. The molecule has 29 heavy (non-hydrogen) atoms. The number of carbonyl (C=O) groups excluding carboxylic acids is 4. The minimum Gasteiger partial charge on any atom is -0.469 e. The first-order valence-electron chi connectivity index (χ1n) is 9.32. The van der Waals surface area contributed by atoms with Crippen molar-refractivity contribution in [2.24, 2.45) is 17.6 Å². The average Bonchev–Trinajstić information content (AvgIpc) is 3.29. The van der Waals surface area contributed by atoms with Crippen molar-refractivity contribution in [3.05, 3.63) is 18.6 Å². The van der Waals surface area contributed by atoms with Crippen molar-refractivity contribution in [1.29, 1.82) is 0 Å². The van der Waals surface area contributed by atoms with Crippen LogP contribution >= 0.6 is 0 Å². The number of furan rings is 1. The number of amides is 3. The molecular weight excluding hydrogens is 382 g/mol. The van der Waals surface area contributed by atoms with E-state index >= 15 is 0 Å². The highest BCUT2D eigenvalue weighted by Gasteiger charge is 2.45. The number of rotatable bonds is 8. The van der Waals surface area contributed by atoms with Crippen LogP contribution in [-0.4, -0.2) is 60.4 Å². The van der Waals surface area contributed by atoms with Crippen LogP contribution in [0.25, 0.3) is 0 Å². The second-order valence-electron chi connectivity index (χ2n) is 7.50. The number of nitrogens with one attached hydrogen (secondary N) is 1. The van der Waals surface area contributed by atoms with Gasteiger partial charge in [0.1, 0.15) is 25.0 Å². The van der Waals surface area contributed by atoms with Crippen molar-refractivity contribution in [3.8, 4) is 5.75 Å². The molecule has 0 bridgehead atoms. The van der Waals surface area contributed by atoms with Crippen molar-refractivity contribution in [1.82, 2.24) is 10.2 Å². The Morgan fingerprint density at radius 1 is 1.34 bits per heavy atom.